The van der Waals surface area contributed by atoms with Crippen LogP contribution in [0.1, 0.15) is 21.5 Å². The van der Waals surface area contributed by atoms with Crippen molar-refractivity contribution in [2.24, 2.45) is 0 Å². The van der Waals surface area contributed by atoms with Crippen LogP contribution in [0.25, 0.3) is 6.08 Å². The molecule has 2 heterocycles. The molecular formula is C27H25NO7. The number of rotatable bonds is 6. The topological polar surface area (TPSA) is 75.7 Å². The van der Waals surface area contributed by atoms with Crippen LogP contribution in [0.3, 0.4) is 0 Å². The number of hydrogen-bond donors (Lipinski definition) is 0. The van der Waals surface area contributed by atoms with Gasteiger partial charge in [0.2, 0.25) is 5.78 Å². The van der Waals surface area contributed by atoms with Crippen molar-refractivity contribution in [1.82, 2.24) is 0 Å². The smallest absolute Gasteiger partial charge is 0.231 e. The molecule has 8 heteroatoms. The minimum Gasteiger partial charge on any atom is -0.497 e. The summed E-state index contributed by atoms with van der Waals surface area (Å²) in [5.74, 6) is 3.63. The van der Waals surface area contributed by atoms with Crippen molar-refractivity contribution in [3.8, 4) is 34.5 Å². The number of nitrogens with zero attached hydrogens (tertiary/aromatic N) is 1. The van der Waals surface area contributed by atoms with Crippen LogP contribution in [0.2, 0.25) is 0 Å². The van der Waals surface area contributed by atoms with E-state index in [1.807, 2.05) is 41.3 Å². The molecule has 2 aliphatic heterocycles. The van der Waals surface area contributed by atoms with Gasteiger partial charge in [0.25, 0.3) is 0 Å². The Bertz CT molecular complexity index is 1330. The molecule has 0 atom stereocenters. The molecule has 0 fully saturated rings. The van der Waals surface area contributed by atoms with Crippen molar-refractivity contribution in [2.45, 2.75) is 6.54 Å². The number of para-hydroxylation sites is 1. The van der Waals surface area contributed by atoms with E-state index in [9.17, 15) is 4.79 Å². The summed E-state index contributed by atoms with van der Waals surface area (Å²) in [6.45, 7) is 0.802. The second-order valence-electron chi connectivity index (χ2n) is 7.95. The highest BCUT2D eigenvalue weighted by atomic mass is 16.5. The Morgan fingerprint density at radius 3 is 2.49 bits per heavy atom. The second kappa shape index (κ2) is 9.13. The molecular weight excluding hydrogens is 450 g/mol. The molecule has 5 rings (SSSR count). The number of benzene rings is 3. The summed E-state index contributed by atoms with van der Waals surface area (Å²) in [5.41, 5.74) is 2.81. The maximum atomic E-state index is 13.2. The third-order valence-corrected chi connectivity index (χ3v) is 6.07. The Kier molecular flexibility index (Phi) is 5.86. The molecule has 0 saturated carbocycles. The number of methoxy groups -OCH3 is 4. The predicted octanol–water partition coefficient (Wildman–Crippen LogP) is 4.69. The minimum atomic E-state index is -0.202. The lowest BCUT2D eigenvalue weighted by molar-refractivity contribution is 0.101. The van der Waals surface area contributed by atoms with Crippen LogP contribution >= 0.6 is 0 Å². The number of ether oxygens (including phenoxy) is 6. The highest BCUT2D eigenvalue weighted by molar-refractivity contribution is 6.15. The van der Waals surface area contributed by atoms with Gasteiger partial charge in [-0.05, 0) is 36.4 Å². The molecule has 0 aromatic heterocycles. The van der Waals surface area contributed by atoms with E-state index in [1.54, 1.807) is 46.6 Å². The van der Waals surface area contributed by atoms with Gasteiger partial charge in [-0.2, -0.15) is 0 Å². The fraction of sp³-hybridized carbons (Fsp3) is 0.222. The summed E-state index contributed by atoms with van der Waals surface area (Å²) >= 11 is 0. The maximum absolute atomic E-state index is 13.2. The van der Waals surface area contributed by atoms with Crippen LogP contribution in [0.4, 0.5) is 5.69 Å². The molecule has 0 N–H and O–H groups in total. The fourth-order valence-corrected chi connectivity index (χ4v) is 4.33. The number of allylic oxidation sites excluding steroid dienone is 1. The number of anilines is 1. The standard InChI is InChI=1S/C27H25NO7/c1-30-17-8-10-20(23(13-17)32-3)28-14-19-21(34-15-28)11-9-18-25(29)24(35-27(18)19)12-16-6-5-7-22(31-2)26(16)33-4/h5-13H,14-15H2,1-4H3. The van der Waals surface area contributed by atoms with Gasteiger partial charge in [-0.3, -0.25) is 4.79 Å². The van der Waals surface area contributed by atoms with Crippen molar-refractivity contribution >= 4 is 17.5 Å². The number of carbonyl (C=O) groups is 1. The molecule has 180 valence electrons. The molecule has 35 heavy (non-hydrogen) atoms. The lowest BCUT2D eigenvalue weighted by Gasteiger charge is -2.32. The lowest BCUT2D eigenvalue weighted by atomic mass is 10.0. The maximum Gasteiger partial charge on any atom is 0.231 e. The molecule has 0 amide bonds. The Morgan fingerprint density at radius 2 is 1.74 bits per heavy atom. The van der Waals surface area contributed by atoms with Crippen LogP contribution in [0.5, 0.6) is 34.5 Å². The molecule has 8 nitrogen and oxygen atoms in total. The number of carbonyl (C=O) groups excluding carboxylic acids is 1. The summed E-state index contributed by atoms with van der Waals surface area (Å²) < 4.78 is 33.9. The van der Waals surface area contributed by atoms with E-state index < -0.39 is 0 Å². The van der Waals surface area contributed by atoms with Crippen LogP contribution < -0.4 is 33.3 Å². The lowest BCUT2D eigenvalue weighted by Crippen LogP contribution is -2.32. The van der Waals surface area contributed by atoms with Gasteiger partial charge in [0.05, 0.1) is 51.8 Å². The van der Waals surface area contributed by atoms with Gasteiger partial charge in [0.15, 0.2) is 24.0 Å². The van der Waals surface area contributed by atoms with Gasteiger partial charge in [0, 0.05) is 11.6 Å². The van der Waals surface area contributed by atoms with E-state index in [1.165, 1.54) is 0 Å². The molecule has 0 unspecified atom stereocenters. The molecule has 0 aliphatic carbocycles. The quantitative estimate of drug-likeness (QED) is 0.475. The van der Waals surface area contributed by atoms with Gasteiger partial charge in [-0.15, -0.1) is 0 Å². The summed E-state index contributed by atoms with van der Waals surface area (Å²) in [6.07, 6.45) is 1.67. The zero-order valence-corrected chi connectivity index (χ0v) is 19.9. The molecule has 0 spiro atoms. The van der Waals surface area contributed by atoms with E-state index >= 15 is 0 Å². The summed E-state index contributed by atoms with van der Waals surface area (Å²) in [5, 5.41) is 0. The van der Waals surface area contributed by atoms with E-state index in [4.69, 9.17) is 28.4 Å². The van der Waals surface area contributed by atoms with Gasteiger partial charge in [0.1, 0.15) is 23.0 Å². The van der Waals surface area contributed by atoms with E-state index in [0.29, 0.717) is 58.9 Å². The van der Waals surface area contributed by atoms with Gasteiger partial charge in [-0.25, -0.2) is 0 Å². The van der Waals surface area contributed by atoms with Crippen molar-refractivity contribution in [3.63, 3.8) is 0 Å². The number of Topliss-reactive ketones (excluding diaryl/α,β-unsaturated/α-hetero) is 1. The van der Waals surface area contributed by atoms with Crippen molar-refractivity contribution in [2.75, 3.05) is 40.1 Å². The number of ketones is 1. The zero-order valence-electron chi connectivity index (χ0n) is 19.9. The average Bonchev–Trinajstić information content (AvgIpc) is 3.23. The second-order valence-corrected chi connectivity index (χ2v) is 7.95. The van der Waals surface area contributed by atoms with Crippen molar-refractivity contribution in [3.05, 3.63) is 71.0 Å². The predicted molar refractivity (Wildman–Crippen MR) is 130 cm³/mol. The average molecular weight is 475 g/mol. The number of hydrogen-bond acceptors (Lipinski definition) is 8. The fourth-order valence-electron chi connectivity index (χ4n) is 4.33. The highest BCUT2D eigenvalue weighted by Crippen LogP contribution is 2.44. The summed E-state index contributed by atoms with van der Waals surface area (Å²) in [4.78, 5) is 15.2. The highest BCUT2D eigenvalue weighted by Gasteiger charge is 2.34. The van der Waals surface area contributed by atoms with Gasteiger partial charge in [-0.1, -0.05) is 12.1 Å². The Labute approximate surface area is 203 Å². The summed E-state index contributed by atoms with van der Waals surface area (Å²) in [6, 6.07) is 14.6. The van der Waals surface area contributed by atoms with Crippen molar-refractivity contribution < 1.29 is 33.2 Å². The van der Waals surface area contributed by atoms with E-state index in [0.717, 1.165) is 11.3 Å². The van der Waals surface area contributed by atoms with Gasteiger partial charge < -0.3 is 33.3 Å². The van der Waals surface area contributed by atoms with Crippen LogP contribution in [0.15, 0.2) is 54.3 Å². The van der Waals surface area contributed by atoms with Gasteiger partial charge >= 0.3 is 0 Å². The third-order valence-electron chi connectivity index (χ3n) is 6.07. The molecule has 3 aromatic carbocycles. The Morgan fingerprint density at radius 1 is 0.914 bits per heavy atom. The Hall–Kier alpha value is -4.33. The molecule has 0 bridgehead atoms. The van der Waals surface area contributed by atoms with E-state index in [2.05, 4.69) is 0 Å². The minimum absolute atomic E-state index is 0.202. The monoisotopic (exact) mass is 475 g/mol. The SMILES string of the molecule is COc1ccc(N2COc3ccc4c(c3C2)OC(=Cc2cccc(OC)c2OC)C4=O)c(OC)c1. The Balaban J connectivity index is 1.50. The molecule has 2 aliphatic rings. The van der Waals surface area contributed by atoms with E-state index in [-0.39, 0.29) is 11.5 Å². The van der Waals surface area contributed by atoms with Crippen molar-refractivity contribution in [1.29, 1.82) is 0 Å². The first kappa shape index (κ1) is 22.5. The van der Waals surface area contributed by atoms with Crippen LogP contribution in [-0.4, -0.2) is 41.0 Å². The number of fused-ring (bicyclic) bond motifs is 3. The van der Waals surface area contributed by atoms with Crippen LogP contribution in [-0.2, 0) is 6.54 Å². The molecule has 0 saturated heterocycles. The normalized spacial score (nSPS) is 15.1. The molecule has 3 aromatic rings. The molecule has 0 radical (unpaired) electrons. The van der Waals surface area contributed by atoms with Crippen LogP contribution in [0, 0.1) is 0 Å². The first-order valence-electron chi connectivity index (χ1n) is 11.0. The zero-order chi connectivity index (χ0) is 24.5. The first-order chi connectivity index (χ1) is 17.1. The largest absolute Gasteiger partial charge is 0.497 e. The first-order valence-corrected chi connectivity index (χ1v) is 11.0. The summed E-state index contributed by atoms with van der Waals surface area (Å²) in [7, 11) is 6.35. The third kappa shape index (κ3) is 3.86.